The van der Waals surface area contributed by atoms with Crippen LogP contribution in [0.5, 0.6) is 5.75 Å². The highest BCUT2D eigenvalue weighted by atomic mass is 19.1. The summed E-state index contributed by atoms with van der Waals surface area (Å²) in [6.07, 6.45) is 1.34. The fourth-order valence-corrected chi connectivity index (χ4v) is 1.76. The number of hydrogen-bond acceptors (Lipinski definition) is 3. The zero-order chi connectivity index (χ0) is 13.8. The number of phenols is 1. The average Bonchev–Trinajstić information content (AvgIpc) is 2.38. The Balaban J connectivity index is 2.97. The summed E-state index contributed by atoms with van der Waals surface area (Å²) < 4.78 is 13.1. The Hall–Kier alpha value is -1.62. The fraction of sp³-hybridized carbons (Fsp3) is 0.462. The number of hydrogen-bond donors (Lipinski definition) is 3. The first kappa shape index (κ1) is 14.4. The predicted octanol–water partition coefficient (Wildman–Crippen LogP) is 1.78. The molecule has 0 saturated carbocycles. The Morgan fingerprint density at radius 2 is 2.06 bits per heavy atom. The summed E-state index contributed by atoms with van der Waals surface area (Å²) in [6, 6.07) is 3.27. The molecule has 4 N–H and O–H groups in total. The largest absolute Gasteiger partial charge is 0.507 e. The second kappa shape index (κ2) is 5.82. The Bertz CT molecular complexity index is 423. The maximum atomic E-state index is 13.1. The number of aromatic hydroxyl groups is 1. The van der Waals surface area contributed by atoms with Gasteiger partial charge in [0.25, 0.3) is 5.91 Å². The number of phenolic OH excluding ortho intramolecular Hbond substituents is 1. The van der Waals surface area contributed by atoms with E-state index < -0.39 is 17.3 Å². The molecule has 0 spiro atoms. The molecule has 0 heterocycles. The van der Waals surface area contributed by atoms with Crippen LogP contribution in [0.4, 0.5) is 4.39 Å². The molecule has 0 aromatic heterocycles. The maximum Gasteiger partial charge on any atom is 0.255 e. The molecule has 0 aliphatic rings. The molecule has 100 valence electrons. The minimum atomic E-state index is -0.565. The molecule has 0 unspecified atom stereocenters. The summed E-state index contributed by atoms with van der Waals surface area (Å²) >= 11 is 0. The van der Waals surface area contributed by atoms with E-state index in [0.717, 1.165) is 18.2 Å². The van der Waals surface area contributed by atoms with Crippen molar-refractivity contribution in [3.05, 3.63) is 29.6 Å². The standard InChI is InChI=1S/C13H19FN2O2/c1-3-13(4-2,8-15)16-12(18)10-7-9(14)5-6-11(10)17/h5-7,17H,3-4,8,15H2,1-2H3,(H,16,18). The summed E-state index contributed by atoms with van der Waals surface area (Å²) in [4.78, 5) is 12.0. The molecule has 5 heteroatoms. The number of nitrogens with two attached hydrogens (primary N) is 1. The molecule has 1 amide bonds. The highest BCUT2D eigenvalue weighted by Gasteiger charge is 2.27. The number of benzene rings is 1. The van der Waals surface area contributed by atoms with Crippen LogP contribution in [0.2, 0.25) is 0 Å². The van der Waals surface area contributed by atoms with Crippen LogP contribution in [0, 0.1) is 5.82 Å². The van der Waals surface area contributed by atoms with Crippen molar-refractivity contribution in [2.75, 3.05) is 6.54 Å². The van der Waals surface area contributed by atoms with Gasteiger partial charge < -0.3 is 16.2 Å². The van der Waals surface area contributed by atoms with Gasteiger partial charge >= 0.3 is 0 Å². The van der Waals surface area contributed by atoms with E-state index in [4.69, 9.17) is 5.73 Å². The molecule has 0 radical (unpaired) electrons. The summed E-state index contributed by atoms with van der Waals surface area (Å²) in [5, 5.41) is 12.3. The van der Waals surface area contributed by atoms with Crippen LogP contribution in [0.25, 0.3) is 0 Å². The molecule has 0 fully saturated rings. The number of nitrogens with one attached hydrogen (secondary N) is 1. The number of amides is 1. The van der Waals surface area contributed by atoms with Crippen molar-refractivity contribution in [1.82, 2.24) is 5.32 Å². The lowest BCUT2D eigenvalue weighted by molar-refractivity contribution is 0.0892. The molecule has 4 nitrogen and oxygen atoms in total. The molecule has 0 aliphatic heterocycles. The van der Waals surface area contributed by atoms with Crippen LogP contribution < -0.4 is 11.1 Å². The Labute approximate surface area is 106 Å². The normalized spacial score (nSPS) is 11.3. The summed E-state index contributed by atoms with van der Waals surface area (Å²) in [5.74, 6) is -1.32. The van der Waals surface area contributed by atoms with Gasteiger partial charge in [0.05, 0.1) is 11.1 Å². The predicted molar refractivity (Wildman–Crippen MR) is 67.9 cm³/mol. The first-order valence-electron chi connectivity index (χ1n) is 5.99. The van der Waals surface area contributed by atoms with Crippen molar-refractivity contribution in [1.29, 1.82) is 0 Å². The van der Waals surface area contributed by atoms with Crippen LogP contribution in [0.1, 0.15) is 37.0 Å². The minimum absolute atomic E-state index is 0.0743. The molecule has 1 rings (SSSR count). The van der Waals surface area contributed by atoms with E-state index in [0.29, 0.717) is 19.4 Å². The van der Waals surface area contributed by atoms with E-state index in [1.807, 2.05) is 13.8 Å². The third-order valence-corrected chi connectivity index (χ3v) is 3.33. The van der Waals surface area contributed by atoms with Crippen LogP contribution in [0.3, 0.4) is 0 Å². The van der Waals surface area contributed by atoms with Gasteiger partial charge in [-0.15, -0.1) is 0 Å². The van der Waals surface area contributed by atoms with Gasteiger partial charge in [-0.25, -0.2) is 4.39 Å². The fourth-order valence-electron chi connectivity index (χ4n) is 1.76. The summed E-state index contributed by atoms with van der Waals surface area (Å²) in [5.41, 5.74) is 5.08. The molecule has 1 aromatic rings. The third kappa shape index (κ3) is 2.98. The quantitative estimate of drug-likeness (QED) is 0.749. The molecule has 0 aliphatic carbocycles. The van der Waals surface area contributed by atoms with Crippen molar-refractivity contribution >= 4 is 5.91 Å². The van der Waals surface area contributed by atoms with Gasteiger partial charge in [0.15, 0.2) is 0 Å². The maximum absolute atomic E-state index is 13.1. The van der Waals surface area contributed by atoms with Crippen molar-refractivity contribution in [3.8, 4) is 5.75 Å². The van der Waals surface area contributed by atoms with Crippen molar-refractivity contribution < 1.29 is 14.3 Å². The highest BCUT2D eigenvalue weighted by Crippen LogP contribution is 2.20. The highest BCUT2D eigenvalue weighted by molar-refractivity contribution is 5.97. The van der Waals surface area contributed by atoms with E-state index >= 15 is 0 Å². The molecule has 18 heavy (non-hydrogen) atoms. The second-order valence-corrected chi connectivity index (χ2v) is 4.31. The monoisotopic (exact) mass is 254 g/mol. The molecule has 0 atom stereocenters. The SMILES string of the molecule is CCC(CC)(CN)NC(=O)c1cc(F)ccc1O. The van der Waals surface area contributed by atoms with Gasteiger partial charge in [-0.2, -0.15) is 0 Å². The van der Waals surface area contributed by atoms with E-state index in [1.165, 1.54) is 0 Å². The van der Waals surface area contributed by atoms with Gasteiger partial charge in [-0.3, -0.25) is 4.79 Å². The zero-order valence-corrected chi connectivity index (χ0v) is 10.7. The zero-order valence-electron chi connectivity index (χ0n) is 10.7. The number of halogens is 1. The van der Waals surface area contributed by atoms with Crippen LogP contribution in [-0.2, 0) is 0 Å². The summed E-state index contributed by atoms with van der Waals surface area (Å²) in [6.45, 7) is 4.13. The number of carbonyl (C=O) groups is 1. The number of carbonyl (C=O) groups excluding carboxylic acids is 1. The lowest BCUT2D eigenvalue weighted by atomic mass is 9.92. The van der Waals surface area contributed by atoms with Crippen molar-refractivity contribution in [3.63, 3.8) is 0 Å². The van der Waals surface area contributed by atoms with Crippen LogP contribution in [0.15, 0.2) is 18.2 Å². The molecule has 0 bridgehead atoms. The Morgan fingerprint density at radius 3 is 2.56 bits per heavy atom. The topological polar surface area (TPSA) is 75.3 Å². The van der Waals surface area contributed by atoms with E-state index in [1.54, 1.807) is 0 Å². The van der Waals surface area contributed by atoms with E-state index in [-0.39, 0.29) is 11.3 Å². The molecule has 0 saturated heterocycles. The van der Waals surface area contributed by atoms with Crippen molar-refractivity contribution in [2.24, 2.45) is 5.73 Å². The van der Waals surface area contributed by atoms with Crippen molar-refractivity contribution in [2.45, 2.75) is 32.2 Å². The molecular weight excluding hydrogens is 235 g/mol. The van der Waals surface area contributed by atoms with Gasteiger partial charge in [0.1, 0.15) is 11.6 Å². The first-order chi connectivity index (χ1) is 8.48. The van der Waals surface area contributed by atoms with Gasteiger partial charge in [-0.05, 0) is 31.0 Å². The van der Waals surface area contributed by atoms with Crippen LogP contribution >= 0.6 is 0 Å². The first-order valence-corrected chi connectivity index (χ1v) is 5.99. The Kier molecular flexibility index (Phi) is 4.67. The van der Waals surface area contributed by atoms with Gasteiger partial charge in [0, 0.05) is 6.54 Å². The lowest BCUT2D eigenvalue weighted by Crippen LogP contribution is -2.52. The van der Waals surface area contributed by atoms with E-state index in [9.17, 15) is 14.3 Å². The smallest absolute Gasteiger partial charge is 0.255 e. The summed E-state index contributed by atoms with van der Waals surface area (Å²) in [7, 11) is 0. The number of rotatable bonds is 5. The second-order valence-electron chi connectivity index (χ2n) is 4.31. The third-order valence-electron chi connectivity index (χ3n) is 3.33. The van der Waals surface area contributed by atoms with Gasteiger partial charge in [0.2, 0.25) is 0 Å². The Morgan fingerprint density at radius 1 is 1.44 bits per heavy atom. The molecular formula is C13H19FN2O2. The lowest BCUT2D eigenvalue weighted by Gasteiger charge is -2.31. The average molecular weight is 254 g/mol. The van der Waals surface area contributed by atoms with Crippen LogP contribution in [-0.4, -0.2) is 23.1 Å². The molecule has 1 aromatic carbocycles. The minimum Gasteiger partial charge on any atom is -0.507 e. The van der Waals surface area contributed by atoms with E-state index in [2.05, 4.69) is 5.32 Å². The van der Waals surface area contributed by atoms with Gasteiger partial charge in [-0.1, -0.05) is 13.8 Å².